The Labute approximate surface area is 205 Å². The second-order valence-electron chi connectivity index (χ2n) is 9.75. The fourth-order valence-corrected chi connectivity index (χ4v) is 5.35. The number of benzene rings is 3. The standard InChI is InChI=1S/C29H30N2O4/c32-27(33)23-12-10-21(11-13-23)20-31-16-14-29(15-17-31)18-24(19-29)35-28(34)30-26-9-5-4-8-25(26)22-6-2-1-3-7-22/h1-13,24H,14-20H2,(H,30,34)(H,32,33). The summed E-state index contributed by atoms with van der Waals surface area (Å²) in [6.45, 7) is 2.84. The van der Waals surface area contributed by atoms with Crippen molar-refractivity contribution in [2.24, 2.45) is 5.41 Å². The molecule has 3 aromatic rings. The number of anilines is 1. The molecule has 6 nitrogen and oxygen atoms in total. The molecule has 6 heteroatoms. The number of nitrogens with one attached hydrogen (secondary N) is 1. The number of likely N-dealkylation sites (tertiary alicyclic amines) is 1. The number of hydrogen-bond donors (Lipinski definition) is 2. The van der Waals surface area contributed by atoms with Crippen LogP contribution in [0.25, 0.3) is 11.1 Å². The van der Waals surface area contributed by atoms with Crippen LogP contribution < -0.4 is 5.32 Å². The molecule has 1 spiro atoms. The van der Waals surface area contributed by atoms with Gasteiger partial charge in [-0.2, -0.15) is 0 Å². The Balaban J connectivity index is 1.09. The fraction of sp³-hybridized carbons (Fsp3) is 0.310. The van der Waals surface area contributed by atoms with Crippen molar-refractivity contribution in [2.45, 2.75) is 38.3 Å². The predicted octanol–water partition coefficient (Wildman–Crippen LogP) is 6.05. The van der Waals surface area contributed by atoms with Crippen LogP contribution in [0.4, 0.5) is 10.5 Å². The Morgan fingerprint density at radius 3 is 2.26 bits per heavy atom. The zero-order chi connectivity index (χ0) is 24.3. The molecule has 1 aliphatic heterocycles. The second-order valence-corrected chi connectivity index (χ2v) is 9.75. The third-order valence-corrected chi connectivity index (χ3v) is 7.37. The van der Waals surface area contributed by atoms with Gasteiger partial charge in [-0.1, -0.05) is 60.7 Å². The van der Waals surface area contributed by atoms with Crippen molar-refractivity contribution in [1.29, 1.82) is 0 Å². The fourth-order valence-electron chi connectivity index (χ4n) is 5.35. The van der Waals surface area contributed by atoms with Gasteiger partial charge in [0.1, 0.15) is 6.10 Å². The van der Waals surface area contributed by atoms with Crippen molar-refractivity contribution >= 4 is 17.7 Å². The molecule has 1 heterocycles. The minimum absolute atomic E-state index is 0.0333. The van der Waals surface area contributed by atoms with Crippen LogP contribution in [0.3, 0.4) is 0 Å². The average molecular weight is 471 g/mol. The highest BCUT2D eigenvalue weighted by Gasteiger charge is 2.47. The van der Waals surface area contributed by atoms with Crippen LogP contribution in [0.15, 0.2) is 78.9 Å². The van der Waals surface area contributed by atoms with Crippen LogP contribution in [-0.2, 0) is 11.3 Å². The smallest absolute Gasteiger partial charge is 0.411 e. The summed E-state index contributed by atoms with van der Waals surface area (Å²) in [6, 6.07) is 24.9. The summed E-state index contributed by atoms with van der Waals surface area (Å²) in [7, 11) is 0. The first kappa shape index (κ1) is 23.1. The summed E-state index contributed by atoms with van der Waals surface area (Å²) < 4.78 is 5.75. The molecule has 5 rings (SSSR count). The van der Waals surface area contributed by atoms with Gasteiger partial charge < -0.3 is 9.84 Å². The van der Waals surface area contributed by atoms with Crippen LogP contribution >= 0.6 is 0 Å². The topological polar surface area (TPSA) is 78.9 Å². The number of ether oxygens (including phenoxy) is 1. The summed E-state index contributed by atoms with van der Waals surface area (Å²) in [5.41, 5.74) is 4.50. The molecule has 1 saturated heterocycles. The van der Waals surface area contributed by atoms with Crippen LogP contribution in [0, 0.1) is 5.41 Å². The number of nitrogens with zero attached hydrogens (tertiary/aromatic N) is 1. The molecule has 0 bridgehead atoms. The van der Waals surface area contributed by atoms with Crippen molar-refractivity contribution in [2.75, 3.05) is 18.4 Å². The number of piperidine rings is 1. The molecule has 2 aliphatic rings. The number of carboxylic acids is 1. The minimum Gasteiger partial charge on any atom is -0.478 e. The molecule has 35 heavy (non-hydrogen) atoms. The first-order valence-corrected chi connectivity index (χ1v) is 12.2. The summed E-state index contributed by atoms with van der Waals surface area (Å²) in [4.78, 5) is 26.1. The zero-order valence-corrected chi connectivity index (χ0v) is 19.7. The zero-order valence-electron chi connectivity index (χ0n) is 19.7. The maximum absolute atomic E-state index is 12.6. The molecular formula is C29H30N2O4. The number of hydrogen-bond acceptors (Lipinski definition) is 4. The number of amides is 1. The van der Waals surface area contributed by atoms with Gasteiger partial charge in [0.05, 0.1) is 11.3 Å². The Hall–Kier alpha value is -3.64. The molecule has 1 saturated carbocycles. The number of aromatic carboxylic acids is 1. The molecule has 1 aliphatic carbocycles. The molecule has 3 aromatic carbocycles. The molecule has 0 radical (unpaired) electrons. The first-order chi connectivity index (χ1) is 17.0. The van der Waals surface area contributed by atoms with E-state index in [1.807, 2.05) is 66.7 Å². The van der Waals surface area contributed by atoms with Gasteiger partial charge in [-0.05, 0) is 73.5 Å². The van der Waals surface area contributed by atoms with Gasteiger partial charge in [0.15, 0.2) is 0 Å². The minimum atomic E-state index is -0.896. The van der Waals surface area contributed by atoms with E-state index >= 15 is 0 Å². The Bertz CT molecular complexity index is 1180. The van der Waals surface area contributed by atoms with Crippen molar-refractivity contribution < 1.29 is 19.4 Å². The van der Waals surface area contributed by atoms with Crippen LogP contribution in [-0.4, -0.2) is 41.3 Å². The molecule has 0 atom stereocenters. The lowest BCUT2D eigenvalue weighted by molar-refractivity contribution is -0.0714. The lowest BCUT2D eigenvalue weighted by Crippen LogP contribution is -2.50. The van der Waals surface area contributed by atoms with Gasteiger partial charge in [-0.25, -0.2) is 9.59 Å². The third-order valence-electron chi connectivity index (χ3n) is 7.37. The van der Waals surface area contributed by atoms with E-state index in [0.29, 0.717) is 5.56 Å². The largest absolute Gasteiger partial charge is 0.478 e. The van der Waals surface area contributed by atoms with Gasteiger partial charge >= 0.3 is 12.1 Å². The van der Waals surface area contributed by atoms with Gasteiger partial charge in [-0.15, -0.1) is 0 Å². The summed E-state index contributed by atoms with van der Waals surface area (Å²) in [5, 5.41) is 12.0. The summed E-state index contributed by atoms with van der Waals surface area (Å²) in [5.74, 6) is -0.896. The molecular weight excluding hydrogens is 440 g/mol. The van der Waals surface area contributed by atoms with E-state index in [0.717, 1.165) is 67.7 Å². The highest BCUT2D eigenvalue weighted by Crippen LogP contribution is 2.50. The Kier molecular flexibility index (Phi) is 6.55. The van der Waals surface area contributed by atoms with E-state index < -0.39 is 12.1 Å². The van der Waals surface area contributed by atoms with Crippen molar-refractivity contribution in [3.8, 4) is 11.1 Å². The lowest BCUT2D eigenvalue weighted by Gasteiger charge is -2.51. The monoisotopic (exact) mass is 470 g/mol. The molecule has 1 amide bonds. The Morgan fingerprint density at radius 1 is 0.914 bits per heavy atom. The average Bonchev–Trinajstić information content (AvgIpc) is 2.85. The SMILES string of the molecule is O=C(Nc1ccccc1-c1ccccc1)OC1CC2(CCN(Cc3ccc(C(=O)O)cc3)CC2)C1. The van der Waals surface area contributed by atoms with Gasteiger partial charge in [-0.3, -0.25) is 10.2 Å². The molecule has 0 unspecified atom stereocenters. The van der Waals surface area contributed by atoms with E-state index in [4.69, 9.17) is 9.84 Å². The van der Waals surface area contributed by atoms with E-state index in [-0.39, 0.29) is 11.5 Å². The number of para-hydroxylation sites is 1. The van der Waals surface area contributed by atoms with E-state index in [2.05, 4.69) is 10.2 Å². The van der Waals surface area contributed by atoms with Crippen molar-refractivity contribution in [3.05, 3.63) is 90.0 Å². The third kappa shape index (κ3) is 5.38. The van der Waals surface area contributed by atoms with Gasteiger partial charge in [0.2, 0.25) is 0 Å². The lowest BCUT2D eigenvalue weighted by atomic mass is 9.61. The predicted molar refractivity (Wildman–Crippen MR) is 135 cm³/mol. The van der Waals surface area contributed by atoms with E-state index in [1.165, 1.54) is 0 Å². The first-order valence-electron chi connectivity index (χ1n) is 12.2. The number of carbonyl (C=O) groups excluding carboxylic acids is 1. The number of rotatable bonds is 6. The molecule has 180 valence electrons. The maximum atomic E-state index is 12.6. The molecule has 2 N–H and O–H groups in total. The maximum Gasteiger partial charge on any atom is 0.411 e. The normalized spacial score (nSPS) is 17.5. The van der Waals surface area contributed by atoms with Crippen molar-refractivity contribution in [3.63, 3.8) is 0 Å². The summed E-state index contributed by atoms with van der Waals surface area (Å²) in [6.07, 6.45) is 3.60. The van der Waals surface area contributed by atoms with Crippen LogP contribution in [0.5, 0.6) is 0 Å². The molecule has 2 fully saturated rings. The van der Waals surface area contributed by atoms with Crippen LogP contribution in [0.2, 0.25) is 0 Å². The van der Waals surface area contributed by atoms with Crippen LogP contribution in [0.1, 0.15) is 41.6 Å². The van der Waals surface area contributed by atoms with E-state index in [1.54, 1.807) is 12.1 Å². The Morgan fingerprint density at radius 2 is 1.57 bits per heavy atom. The quantitative estimate of drug-likeness (QED) is 0.459. The van der Waals surface area contributed by atoms with Gasteiger partial charge in [0.25, 0.3) is 0 Å². The number of carboxylic acid groups (broad SMARTS) is 1. The van der Waals surface area contributed by atoms with E-state index in [9.17, 15) is 9.59 Å². The second kappa shape index (κ2) is 9.92. The highest BCUT2D eigenvalue weighted by molar-refractivity contribution is 5.91. The summed E-state index contributed by atoms with van der Waals surface area (Å²) >= 11 is 0. The highest BCUT2D eigenvalue weighted by atomic mass is 16.6. The number of carbonyl (C=O) groups is 2. The van der Waals surface area contributed by atoms with Gasteiger partial charge in [0, 0.05) is 12.1 Å². The molecule has 0 aromatic heterocycles. The van der Waals surface area contributed by atoms with Crippen molar-refractivity contribution in [1.82, 2.24) is 4.90 Å².